The fourth-order valence-electron chi connectivity index (χ4n) is 2.04. The molecule has 0 aliphatic heterocycles. The topological polar surface area (TPSA) is 55.8 Å². The lowest BCUT2D eigenvalue weighted by Gasteiger charge is -2.22. The van der Waals surface area contributed by atoms with Crippen LogP contribution in [0.5, 0.6) is 5.75 Å². The summed E-state index contributed by atoms with van der Waals surface area (Å²) in [6, 6.07) is 5.56. The van der Waals surface area contributed by atoms with Gasteiger partial charge in [-0.2, -0.15) is 0 Å². The summed E-state index contributed by atoms with van der Waals surface area (Å²) in [4.78, 5) is 24.8. The maximum atomic E-state index is 11.4. The van der Waals surface area contributed by atoms with Crippen molar-refractivity contribution in [3.63, 3.8) is 0 Å². The first-order chi connectivity index (χ1) is 10.5. The molecule has 1 rings (SSSR count). The fraction of sp³-hybridized carbons (Fsp3) is 0.412. The first kappa shape index (κ1) is 17.8. The van der Waals surface area contributed by atoms with Gasteiger partial charge < -0.3 is 14.4 Å². The Morgan fingerprint density at radius 3 is 2.41 bits per heavy atom. The second-order valence-electron chi connectivity index (χ2n) is 4.57. The lowest BCUT2D eigenvalue weighted by atomic mass is 10.1. The molecule has 1 aromatic carbocycles. The van der Waals surface area contributed by atoms with Crippen molar-refractivity contribution in [1.82, 2.24) is 0 Å². The summed E-state index contributed by atoms with van der Waals surface area (Å²) in [6.45, 7) is 9.24. The molecule has 0 N–H and O–H groups in total. The van der Waals surface area contributed by atoms with Crippen molar-refractivity contribution in [2.75, 3.05) is 24.6 Å². The lowest BCUT2D eigenvalue weighted by molar-refractivity contribution is -0.137. The number of benzene rings is 1. The molecule has 0 atom stereocenters. The van der Waals surface area contributed by atoms with Crippen molar-refractivity contribution in [3.8, 4) is 5.75 Å². The van der Waals surface area contributed by atoms with E-state index in [9.17, 15) is 9.59 Å². The normalized spacial score (nSPS) is 10.5. The van der Waals surface area contributed by atoms with E-state index >= 15 is 0 Å². The number of hydrogen-bond acceptors (Lipinski definition) is 5. The van der Waals surface area contributed by atoms with Crippen LogP contribution in [0.15, 0.2) is 24.3 Å². The molecule has 0 aliphatic rings. The van der Waals surface area contributed by atoms with E-state index in [1.54, 1.807) is 19.1 Å². The molecule has 0 heterocycles. The second-order valence-corrected chi connectivity index (χ2v) is 4.57. The van der Waals surface area contributed by atoms with Crippen LogP contribution in [0.4, 0.5) is 5.69 Å². The molecule has 0 aliphatic carbocycles. The summed E-state index contributed by atoms with van der Waals surface area (Å²) in [6.07, 6.45) is 2.91. The molecule has 0 saturated carbocycles. The number of nitrogens with zero attached hydrogens (tertiary/aromatic N) is 1. The Labute approximate surface area is 131 Å². The maximum Gasteiger partial charge on any atom is 0.330 e. The molecule has 0 amide bonds. The van der Waals surface area contributed by atoms with Gasteiger partial charge in [0.05, 0.1) is 6.61 Å². The molecular formula is C17H23NO4. The number of ether oxygens (including phenoxy) is 2. The van der Waals surface area contributed by atoms with Crippen molar-refractivity contribution in [1.29, 1.82) is 0 Å². The highest BCUT2D eigenvalue weighted by Crippen LogP contribution is 2.27. The van der Waals surface area contributed by atoms with Crippen molar-refractivity contribution < 1.29 is 19.1 Å². The molecular weight excluding hydrogens is 282 g/mol. The van der Waals surface area contributed by atoms with Crippen molar-refractivity contribution in [3.05, 3.63) is 29.8 Å². The number of hydrogen-bond donors (Lipinski definition) is 0. The lowest BCUT2D eigenvalue weighted by Crippen LogP contribution is -2.21. The highest BCUT2D eigenvalue weighted by atomic mass is 16.5. The van der Waals surface area contributed by atoms with Crippen molar-refractivity contribution in [2.24, 2.45) is 0 Å². The zero-order valence-corrected chi connectivity index (χ0v) is 13.6. The maximum absolute atomic E-state index is 11.4. The van der Waals surface area contributed by atoms with E-state index in [1.165, 1.54) is 13.0 Å². The molecule has 0 aromatic heterocycles. The largest absolute Gasteiger partial charge is 0.463 e. The van der Waals surface area contributed by atoms with Gasteiger partial charge in [-0.05, 0) is 39.0 Å². The second kappa shape index (κ2) is 8.87. The Morgan fingerprint density at radius 2 is 1.86 bits per heavy atom. The van der Waals surface area contributed by atoms with Crippen molar-refractivity contribution in [2.45, 2.75) is 27.7 Å². The number of rotatable bonds is 7. The van der Waals surface area contributed by atoms with Gasteiger partial charge in [0.2, 0.25) is 0 Å². The van der Waals surface area contributed by atoms with Crippen LogP contribution in [0, 0.1) is 0 Å². The van der Waals surface area contributed by atoms with E-state index in [0.29, 0.717) is 17.9 Å². The van der Waals surface area contributed by atoms with Gasteiger partial charge in [0, 0.05) is 43.4 Å². The van der Waals surface area contributed by atoms with E-state index < -0.39 is 11.9 Å². The van der Waals surface area contributed by atoms with Gasteiger partial charge in [0.25, 0.3) is 0 Å². The van der Waals surface area contributed by atoms with E-state index in [0.717, 1.165) is 18.8 Å². The molecule has 0 saturated heterocycles. The molecule has 0 bridgehead atoms. The van der Waals surface area contributed by atoms with E-state index in [2.05, 4.69) is 18.7 Å². The standard InChI is InChI=1S/C17H23NO4/c1-5-18(6-2)15-10-8-14(9-11-17(20)21-7-3)16(12-15)22-13(4)19/h8-12H,5-7H2,1-4H3/b11-9+. The quantitative estimate of drug-likeness (QED) is 0.440. The Bertz CT molecular complexity index is 548. The van der Waals surface area contributed by atoms with Gasteiger partial charge in [-0.1, -0.05) is 0 Å². The number of carbonyl (C=O) groups is 2. The van der Waals surface area contributed by atoms with Gasteiger partial charge in [0.1, 0.15) is 5.75 Å². The van der Waals surface area contributed by atoms with E-state index in [1.807, 2.05) is 12.1 Å². The number of esters is 2. The summed E-state index contributed by atoms with van der Waals surface area (Å²) >= 11 is 0. The average Bonchev–Trinajstić information content (AvgIpc) is 2.47. The van der Waals surface area contributed by atoms with Crippen LogP contribution in [0.25, 0.3) is 6.08 Å². The van der Waals surface area contributed by atoms with Gasteiger partial charge >= 0.3 is 11.9 Å². The van der Waals surface area contributed by atoms with Crippen LogP contribution in [0.2, 0.25) is 0 Å². The van der Waals surface area contributed by atoms with Gasteiger partial charge in [0.15, 0.2) is 0 Å². The minimum Gasteiger partial charge on any atom is -0.463 e. The molecule has 22 heavy (non-hydrogen) atoms. The highest BCUT2D eigenvalue weighted by molar-refractivity contribution is 5.88. The minimum absolute atomic E-state index is 0.320. The number of anilines is 1. The fourth-order valence-corrected chi connectivity index (χ4v) is 2.04. The Morgan fingerprint density at radius 1 is 1.18 bits per heavy atom. The zero-order valence-electron chi connectivity index (χ0n) is 13.6. The molecule has 5 nitrogen and oxygen atoms in total. The third-order valence-corrected chi connectivity index (χ3v) is 3.06. The predicted octanol–water partition coefficient (Wildman–Crippen LogP) is 3.03. The summed E-state index contributed by atoms with van der Waals surface area (Å²) in [7, 11) is 0. The molecule has 5 heteroatoms. The van der Waals surface area contributed by atoms with Crippen LogP contribution in [0.1, 0.15) is 33.3 Å². The van der Waals surface area contributed by atoms with E-state index in [-0.39, 0.29) is 0 Å². The third kappa shape index (κ3) is 5.24. The van der Waals surface area contributed by atoms with Crippen LogP contribution >= 0.6 is 0 Å². The number of carbonyl (C=O) groups excluding carboxylic acids is 2. The average molecular weight is 305 g/mol. The molecule has 0 unspecified atom stereocenters. The monoisotopic (exact) mass is 305 g/mol. The van der Waals surface area contributed by atoms with Crippen LogP contribution in [-0.4, -0.2) is 31.6 Å². The SMILES string of the molecule is CCOC(=O)/C=C/c1ccc(N(CC)CC)cc1OC(C)=O. The smallest absolute Gasteiger partial charge is 0.330 e. The van der Waals surface area contributed by atoms with Gasteiger partial charge in [-0.3, -0.25) is 4.79 Å². The third-order valence-electron chi connectivity index (χ3n) is 3.06. The summed E-state index contributed by atoms with van der Waals surface area (Å²) < 4.78 is 10.1. The highest BCUT2D eigenvalue weighted by Gasteiger charge is 2.09. The molecule has 0 fully saturated rings. The summed E-state index contributed by atoms with van der Waals surface area (Å²) in [5.41, 5.74) is 1.62. The minimum atomic E-state index is -0.427. The Balaban J connectivity index is 3.10. The molecule has 1 aromatic rings. The first-order valence-electron chi connectivity index (χ1n) is 7.44. The Kier molecular flexibility index (Phi) is 7.16. The van der Waals surface area contributed by atoms with E-state index in [4.69, 9.17) is 9.47 Å². The van der Waals surface area contributed by atoms with Crippen LogP contribution < -0.4 is 9.64 Å². The molecule has 0 radical (unpaired) electrons. The molecule has 120 valence electrons. The Hall–Kier alpha value is -2.30. The van der Waals surface area contributed by atoms with Crippen molar-refractivity contribution >= 4 is 23.7 Å². The van der Waals surface area contributed by atoms with Gasteiger partial charge in [-0.15, -0.1) is 0 Å². The summed E-state index contributed by atoms with van der Waals surface area (Å²) in [5, 5.41) is 0. The molecule has 0 spiro atoms. The predicted molar refractivity (Wildman–Crippen MR) is 87.0 cm³/mol. The van der Waals surface area contributed by atoms with Gasteiger partial charge in [-0.25, -0.2) is 4.79 Å². The first-order valence-corrected chi connectivity index (χ1v) is 7.44. The van der Waals surface area contributed by atoms with Crippen LogP contribution in [0.3, 0.4) is 0 Å². The van der Waals surface area contributed by atoms with Crippen LogP contribution in [-0.2, 0) is 14.3 Å². The summed E-state index contributed by atoms with van der Waals surface area (Å²) in [5.74, 6) is -0.399. The zero-order chi connectivity index (χ0) is 16.5.